The fourth-order valence-electron chi connectivity index (χ4n) is 5.27. The summed E-state index contributed by atoms with van der Waals surface area (Å²) < 4.78 is 11.5. The molecule has 2 aliphatic carbocycles. The van der Waals surface area contributed by atoms with Gasteiger partial charge in [0.2, 0.25) is 0 Å². The van der Waals surface area contributed by atoms with E-state index < -0.39 is 0 Å². The second kappa shape index (κ2) is 9.80. The van der Waals surface area contributed by atoms with Crippen molar-refractivity contribution in [3.05, 3.63) is 71.3 Å². The van der Waals surface area contributed by atoms with Gasteiger partial charge >= 0.3 is 0 Å². The molecule has 0 N–H and O–H groups in total. The first-order valence-corrected chi connectivity index (χ1v) is 11.4. The van der Waals surface area contributed by atoms with E-state index in [4.69, 9.17) is 9.47 Å². The van der Waals surface area contributed by atoms with Crippen molar-refractivity contribution in [2.24, 2.45) is 5.92 Å². The molecule has 0 aromatic heterocycles. The second-order valence-electron chi connectivity index (χ2n) is 8.91. The fraction of sp³-hybridized carbons (Fsp3) is 0.481. The summed E-state index contributed by atoms with van der Waals surface area (Å²) in [5, 5.41) is 0. The van der Waals surface area contributed by atoms with Gasteiger partial charge in [-0.2, -0.15) is 0 Å². The highest BCUT2D eigenvalue weighted by Gasteiger charge is 2.43. The first kappa shape index (κ1) is 21.1. The van der Waals surface area contributed by atoms with Crippen LogP contribution < -0.4 is 4.74 Å². The number of hydrogen-bond donors (Lipinski definition) is 0. The smallest absolute Gasteiger partial charge is 0.119 e. The lowest BCUT2D eigenvalue weighted by molar-refractivity contribution is 0.0937. The van der Waals surface area contributed by atoms with Crippen LogP contribution in [0.4, 0.5) is 0 Å². The molecule has 0 aliphatic heterocycles. The Balaban J connectivity index is 1.37. The topological polar surface area (TPSA) is 21.7 Å². The summed E-state index contributed by atoms with van der Waals surface area (Å²) in [5.74, 6) is 1.63. The second-order valence-corrected chi connectivity index (χ2v) is 8.91. The van der Waals surface area contributed by atoms with Crippen molar-refractivity contribution in [1.29, 1.82) is 0 Å². The predicted molar refractivity (Wildman–Crippen MR) is 124 cm³/mol. The van der Waals surface area contributed by atoms with Gasteiger partial charge in [-0.15, -0.1) is 0 Å². The molecule has 30 heavy (non-hydrogen) atoms. The highest BCUT2D eigenvalue weighted by molar-refractivity contribution is 5.62. The minimum atomic E-state index is 0.246. The Morgan fingerprint density at radius 1 is 1.07 bits per heavy atom. The third-order valence-electron chi connectivity index (χ3n) is 7.07. The monoisotopic (exact) mass is 405 g/mol. The predicted octanol–water partition coefficient (Wildman–Crippen LogP) is 5.69. The molecule has 1 saturated carbocycles. The number of likely N-dealkylation sites (N-methyl/N-ethyl adjacent to an activating group) is 1. The van der Waals surface area contributed by atoms with Crippen molar-refractivity contribution in [2.45, 2.75) is 44.1 Å². The van der Waals surface area contributed by atoms with E-state index in [0.29, 0.717) is 12.5 Å². The standard InChI is InChI=1S/C27H35NO2/c1-28(18-19-30-21-22-8-4-3-5-9-22)17-16-27-15-7-6-10-24(27)13-11-23-12-14-25(29-2)20-26(23)27/h3-5,8-9,11-14,20,24H,6-7,10,15-19,21H2,1-2H3/t24-,27+/m1/s1. The van der Waals surface area contributed by atoms with Crippen LogP contribution in [0.2, 0.25) is 0 Å². The summed E-state index contributed by atoms with van der Waals surface area (Å²) in [4.78, 5) is 2.43. The van der Waals surface area contributed by atoms with Gasteiger partial charge in [0, 0.05) is 12.0 Å². The number of fused-ring (bicyclic) bond motifs is 3. The number of allylic oxidation sites excluding steroid dienone is 1. The van der Waals surface area contributed by atoms with Crippen molar-refractivity contribution in [3.8, 4) is 5.75 Å². The van der Waals surface area contributed by atoms with Crippen molar-refractivity contribution < 1.29 is 9.47 Å². The number of methoxy groups -OCH3 is 1. The number of benzene rings is 2. The number of rotatable bonds is 9. The maximum absolute atomic E-state index is 5.90. The number of ether oxygens (including phenoxy) is 2. The zero-order valence-electron chi connectivity index (χ0n) is 18.5. The molecular formula is C27H35NO2. The summed E-state index contributed by atoms with van der Waals surface area (Å²) in [6.45, 7) is 3.52. The van der Waals surface area contributed by atoms with Crippen LogP contribution in [0, 0.1) is 5.92 Å². The first-order valence-electron chi connectivity index (χ1n) is 11.4. The zero-order chi connectivity index (χ0) is 20.8. The van der Waals surface area contributed by atoms with Crippen molar-refractivity contribution in [3.63, 3.8) is 0 Å². The summed E-state index contributed by atoms with van der Waals surface area (Å²) in [6.07, 6.45) is 11.3. The average molecular weight is 406 g/mol. The van der Waals surface area contributed by atoms with E-state index >= 15 is 0 Å². The van der Waals surface area contributed by atoms with Gasteiger partial charge in [0.05, 0.1) is 20.3 Å². The Labute approximate surface area is 181 Å². The lowest BCUT2D eigenvalue weighted by atomic mass is 9.58. The molecule has 4 rings (SSSR count). The van der Waals surface area contributed by atoms with Gasteiger partial charge in [0.25, 0.3) is 0 Å². The molecule has 160 valence electrons. The molecule has 2 aromatic rings. The van der Waals surface area contributed by atoms with Crippen LogP contribution >= 0.6 is 0 Å². The molecule has 0 saturated heterocycles. The van der Waals surface area contributed by atoms with Gasteiger partial charge in [-0.05, 0) is 67.6 Å². The van der Waals surface area contributed by atoms with E-state index in [2.05, 4.69) is 66.6 Å². The Bertz CT molecular complexity index is 847. The van der Waals surface area contributed by atoms with E-state index in [9.17, 15) is 0 Å². The van der Waals surface area contributed by atoms with E-state index in [1.165, 1.54) is 48.8 Å². The molecule has 2 aromatic carbocycles. The molecule has 0 spiro atoms. The van der Waals surface area contributed by atoms with Crippen molar-refractivity contribution in [1.82, 2.24) is 4.90 Å². The SMILES string of the molecule is COc1ccc2c(c1)[C@]1(CCN(C)CCOCc3ccccc3)CCCC[C@@H]1C=C2. The molecule has 0 amide bonds. The van der Waals surface area contributed by atoms with Gasteiger partial charge in [-0.25, -0.2) is 0 Å². The van der Waals surface area contributed by atoms with Crippen molar-refractivity contribution in [2.75, 3.05) is 33.9 Å². The molecule has 3 heteroatoms. The van der Waals surface area contributed by atoms with Crippen LogP contribution in [0.15, 0.2) is 54.6 Å². The van der Waals surface area contributed by atoms with Gasteiger partial charge in [-0.1, -0.05) is 61.4 Å². The molecule has 0 radical (unpaired) electrons. The van der Waals surface area contributed by atoms with Gasteiger partial charge < -0.3 is 14.4 Å². The van der Waals surface area contributed by atoms with E-state index in [0.717, 1.165) is 25.4 Å². The van der Waals surface area contributed by atoms with Gasteiger partial charge in [0.1, 0.15) is 5.75 Å². The average Bonchev–Trinajstić information content (AvgIpc) is 2.80. The largest absolute Gasteiger partial charge is 0.497 e. The Morgan fingerprint density at radius 2 is 1.93 bits per heavy atom. The maximum Gasteiger partial charge on any atom is 0.119 e. The molecule has 0 bridgehead atoms. The highest BCUT2D eigenvalue weighted by atomic mass is 16.5. The van der Waals surface area contributed by atoms with Gasteiger partial charge in [-0.3, -0.25) is 0 Å². The molecule has 1 fully saturated rings. The summed E-state index contributed by atoms with van der Waals surface area (Å²) in [7, 11) is 4.00. The Hall–Kier alpha value is -2.10. The van der Waals surface area contributed by atoms with Crippen LogP contribution in [-0.2, 0) is 16.8 Å². The first-order chi connectivity index (χ1) is 14.7. The number of hydrogen-bond acceptors (Lipinski definition) is 3. The molecule has 3 nitrogen and oxygen atoms in total. The minimum Gasteiger partial charge on any atom is -0.497 e. The Morgan fingerprint density at radius 3 is 2.77 bits per heavy atom. The third kappa shape index (κ3) is 4.63. The summed E-state index contributed by atoms with van der Waals surface area (Å²) in [6, 6.07) is 17.0. The lowest BCUT2D eigenvalue weighted by Gasteiger charge is -2.47. The molecule has 2 aliphatic rings. The quantitative estimate of drug-likeness (QED) is 0.500. The molecule has 2 atom stereocenters. The highest BCUT2D eigenvalue weighted by Crippen LogP contribution is 2.51. The lowest BCUT2D eigenvalue weighted by Crippen LogP contribution is -2.42. The van der Waals surface area contributed by atoms with Crippen LogP contribution in [0.25, 0.3) is 6.08 Å². The molecule has 0 unspecified atom stereocenters. The summed E-state index contributed by atoms with van der Waals surface area (Å²) >= 11 is 0. The third-order valence-corrected chi connectivity index (χ3v) is 7.07. The van der Waals surface area contributed by atoms with Crippen LogP contribution in [0.1, 0.15) is 48.8 Å². The molecule has 0 heterocycles. The van der Waals surface area contributed by atoms with Crippen molar-refractivity contribution >= 4 is 6.08 Å². The van der Waals surface area contributed by atoms with E-state index in [1.54, 1.807) is 7.11 Å². The summed E-state index contributed by atoms with van der Waals surface area (Å²) in [5.41, 5.74) is 4.37. The zero-order valence-corrected chi connectivity index (χ0v) is 18.5. The van der Waals surface area contributed by atoms with Gasteiger partial charge in [0.15, 0.2) is 0 Å². The normalized spacial score (nSPS) is 22.6. The minimum absolute atomic E-state index is 0.246. The van der Waals surface area contributed by atoms with Crippen LogP contribution in [0.5, 0.6) is 5.75 Å². The van der Waals surface area contributed by atoms with E-state index in [1.807, 2.05) is 6.07 Å². The Kier molecular flexibility index (Phi) is 6.91. The van der Waals surface area contributed by atoms with E-state index in [-0.39, 0.29) is 5.41 Å². The van der Waals surface area contributed by atoms with Crippen LogP contribution in [-0.4, -0.2) is 38.8 Å². The van der Waals surface area contributed by atoms with Crippen LogP contribution in [0.3, 0.4) is 0 Å². The maximum atomic E-state index is 5.90. The number of nitrogens with zero attached hydrogens (tertiary/aromatic N) is 1. The fourth-order valence-corrected chi connectivity index (χ4v) is 5.27. The molecular weight excluding hydrogens is 370 g/mol.